The first kappa shape index (κ1) is 23.8. The minimum atomic E-state index is -1.79. The van der Waals surface area contributed by atoms with Crippen LogP contribution < -0.4 is 0 Å². The molecule has 2 aliphatic rings. The number of aliphatic hydroxyl groups excluding tert-OH is 4. The van der Waals surface area contributed by atoms with Gasteiger partial charge in [0.25, 0.3) is 0 Å². The van der Waals surface area contributed by atoms with Crippen LogP contribution in [0.3, 0.4) is 0 Å². The SMILES string of the molecule is OC[C@H]1O[C@H](OC(c2ccccc2Cl)C(O)(Cn2cncn2)C2(Cl)CC2)[C@H](O)[C@@H](O)[C@@H]1O. The first-order valence-corrected chi connectivity index (χ1v) is 10.9. The maximum atomic E-state index is 12.0. The van der Waals surface area contributed by atoms with E-state index in [4.69, 9.17) is 32.7 Å². The van der Waals surface area contributed by atoms with Crippen molar-refractivity contribution < 1.29 is 35.0 Å². The first-order chi connectivity index (χ1) is 15.2. The molecule has 0 bridgehead atoms. The van der Waals surface area contributed by atoms with Crippen molar-refractivity contribution in [2.75, 3.05) is 6.61 Å². The number of ether oxygens (including phenoxy) is 2. The standard InChI is InChI=1S/C20H25Cl2N3O7/c21-12-4-2-1-3-11(12)17(32-18-16(29)15(28)14(27)13(7-26)31-18)20(30,19(22)5-6-19)8-25-10-23-9-24-25/h1-4,9-10,13-18,26-30H,5-8H2/t13-,14-,15+,16-,17?,18-,20?/m1/s1. The fraction of sp³-hybridized carbons (Fsp3) is 0.600. The quantitative estimate of drug-likeness (QED) is 0.322. The summed E-state index contributed by atoms with van der Waals surface area (Å²) in [5, 5.41) is 56.6. The Morgan fingerprint density at radius 3 is 2.53 bits per heavy atom. The molecule has 10 nitrogen and oxygen atoms in total. The second-order valence-corrected chi connectivity index (χ2v) is 9.35. The van der Waals surface area contributed by atoms with E-state index in [1.807, 2.05) is 0 Å². The van der Waals surface area contributed by atoms with Gasteiger partial charge >= 0.3 is 0 Å². The average molecular weight is 490 g/mol. The van der Waals surface area contributed by atoms with Gasteiger partial charge in [0.05, 0.1) is 18.0 Å². The Morgan fingerprint density at radius 1 is 1.22 bits per heavy atom. The Morgan fingerprint density at radius 2 is 1.94 bits per heavy atom. The van der Waals surface area contributed by atoms with Gasteiger partial charge in [0, 0.05) is 10.6 Å². The van der Waals surface area contributed by atoms with Gasteiger partial charge in [-0.25, -0.2) is 9.67 Å². The number of benzene rings is 1. The molecule has 5 N–H and O–H groups in total. The van der Waals surface area contributed by atoms with Gasteiger partial charge in [-0.1, -0.05) is 29.8 Å². The molecule has 1 aliphatic heterocycles. The van der Waals surface area contributed by atoms with E-state index >= 15 is 0 Å². The summed E-state index contributed by atoms with van der Waals surface area (Å²) in [5.74, 6) is 0. The molecule has 1 saturated heterocycles. The van der Waals surface area contributed by atoms with Gasteiger partial charge in [-0.2, -0.15) is 5.10 Å². The summed E-state index contributed by atoms with van der Waals surface area (Å²) in [7, 11) is 0. The molecule has 1 saturated carbocycles. The molecule has 4 rings (SSSR count). The van der Waals surface area contributed by atoms with Crippen molar-refractivity contribution >= 4 is 23.2 Å². The van der Waals surface area contributed by atoms with Gasteiger partial charge in [-0.05, 0) is 18.9 Å². The predicted molar refractivity (Wildman–Crippen MR) is 112 cm³/mol. The fourth-order valence-corrected chi connectivity index (χ4v) is 4.50. The van der Waals surface area contributed by atoms with Crippen molar-refractivity contribution in [1.82, 2.24) is 14.8 Å². The summed E-state index contributed by atoms with van der Waals surface area (Å²) in [6.07, 6.45) is -5.08. The molecule has 7 atom stereocenters. The van der Waals surface area contributed by atoms with E-state index in [0.717, 1.165) is 0 Å². The maximum absolute atomic E-state index is 12.0. The Kier molecular flexibility index (Phi) is 6.79. The highest BCUT2D eigenvalue weighted by Gasteiger charge is 2.63. The molecule has 1 aromatic carbocycles. The summed E-state index contributed by atoms with van der Waals surface area (Å²) >= 11 is 13.2. The molecule has 176 valence electrons. The monoisotopic (exact) mass is 489 g/mol. The lowest BCUT2D eigenvalue weighted by molar-refractivity contribution is -0.327. The number of rotatable bonds is 8. The first-order valence-electron chi connectivity index (χ1n) is 10.1. The molecule has 2 aromatic rings. The van der Waals surface area contributed by atoms with Gasteiger partial charge in [0.1, 0.15) is 48.8 Å². The molecule has 0 spiro atoms. The normalized spacial score (nSPS) is 32.3. The third-order valence-corrected chi connectivity index (χ3v) is 7.12. The zero-order chi connectivity index (χ0) is 23.1. The van der Waals surface area contributed by atoms with Gasteiger partial charge in [-0.15, -0.1) is 11.6 Å². The van der Waals surface area contributed by atoms with Gasteiger partial charge in [0.2, 0.25) is 0 Å². The van der Waals surface area contributed by atoms with Crippen LogP contribution in [-0.4, -0.2) is 88.1 Å². The Labute approximate surface area is 193 Å². The third kappa shape index (κ3) is 4.27. The van der Waals surface area contributed by atoms with E-state index in [2.05, 4.69) is 10.1 Å². The van der Waals surface area contributed by atoms with Crippen LogP contribution in [0.2, 0.25) is 5.02 Å². The van der Waals surface area contributed by atoms with E-state index in [1.165, 1.54) is 17.3 Å². The highest BCUT2D eigenvalue weighted by atomic mass is 35.5. The number of halogens is 2. The number of aliphatic hydroxyl groups is 5. The van der Waals surface area contributed by atoms with E-state index < -0.39 is 53.9 Å². The molecular formula is C20H25Cl2N3O7. The van der Waals surface area contributed by atoms with E-state index in [0.29, 0.717) is 18.4 Å². The van der Waals surface area contributed by atoms with Crippen molar-refractivity contribution in [3.8, 4) is 0 Å². The Balaban J connectivity index is 1.74. The van der Waals surface area contributed by atoms with Crippen molar-refractivity contribution in [2.45, 2.75) is 66.7 Å². The van der Waals surface area contributed by atoms with Crippen LogP contribution in [0, 0.1) is 0 Å². The topological polar surface area (TPSA) is 150 Å². The summed E-state index contributed by atoms with van der Waals surface area (Å²) < 4.78 is 13.0. The van der Waals surface area contributed by atoms with E-state index in [1.54, 1.807) is 24.3 Å². The van der Waals surface area contributed by atoms with Crippen LogP contribution in [0.4, 0.5) is 0 Å². The molecule has 32 heavy (non-hydrogen) atoms. The summed E-state index contributed by atoms with van der Waals surface area (Å²) in [6.45, 7) is -0.728. The highest BCUT2D eigenvalue weighted by Crippen LogP contribution is 2.57. The number of hydrogen-bond acceptors (Lipinski definition) is 9. The lowest BCUT2D eigenvalue weighted by Crippen LogP contribution is -2.61. The number of aromatic nitrogens is 3. The van der Waals surface area contributed by atoms with Crippen molar-refractivity contribution in [3.63, 3.8) is 0 Å². The fourth-order valence-electron chi connectivity index (χ4n) is 4.01. The Hall–Kier alpha value is -1.34. The minimum absolute atomic E-state index is 0.107. The lowest BCUT2D eigenvalue weighted by atomic mass is 9.85. The molecule has 2 fully saturated rings. The van der Waals surface area contributed by atoms with Gasteiger partial charge in [0.15, 0.2) is 6.29 Å². The van der Waals surface area contributed by atoms with Crippen molar-refractivity contribution in [3.05, 3.63) is 47.5 Å². The third-order valence-electron chi connectivity index (χ3n) is 6.07. The average Bonchev–Trinajstić information content (AvgIpc) is 3.34. The second-order valence-electron chi connectivity index (χ2n) is 8.22. The molecule has 0 amide bonds. The largest absolute Gasteiger partial charge is 0.394 e. The number of nitrogens with zero attached hydrogens (tertiary/aromatic N) is 3. The number of alkyl halides is 1. The highest BCUT2D eigenvalue weighted by molar-refractivity contribution is 6.31. The van der Waals surface area contributed by atoms with Gasteiger partial charge in [-0.3, -0.25) is 0 Å². The molecular weight excluding hydrogens is 465 g/mol. The summed E-state index contributed by atoms with van der Waals surface area (Å²) in [4.78, 5) is 2.82. The van der Waals surface area contributed by atoms with E-state index in [-0.39, 0.29) is 11.6 Å². The smallest absolute Gasteiger partial charge is 0.187 e. The van der Waals surface area contributed by atoms with Crippen molar-refractivity contribution in [1.29, 1.82) is 0 Å². The van der Waals surface area contributed by atoms with E-state index in [9.17, 15) is 25.5 Å². The van der Waals surface area contributed by atoms with Crippen LogP contribution in [0.5, 0.6) is 0 Å². The maximum Gasteiger partial charge on any atom is 0.187 e. The lowest BCUT2D eigenvalue weighted by Gasteiger charge is -2.45. The predicted octanol–water partition coefficient (Wildman–Crippen LogP) is -0.00820. The van der Waals surface area contributed by atoms with Crippen LogP contribution in [0.1, 0.15) is 24.5 Å². The molecule has 0 radical (unpaired) electrons. The zero-order valence-electron chi connectivity index (χ0n) is 16.9. The molecule has 2 unspecified atom stereocenters. The molecule has 12 heteroatoms. The van der Waals surface area contributed by atoms with Crippen molar-refractivity contribution in [2.24, 2.45) is 0 Å². The van der Waals surface area contributed by atoms with Crippen LogP contribution >= 0.6 is 23.2 Å². The molecule has 1 aromatic heterocycles. The van der Waals surface area contributed by atoms with Crippen LogP contribution in [0.25, 0.3) is 0 Å². The van der Waals surface area contributed by atoms with Crippen LogP contribution in [-0.2, 0) is 16.0 Å². The van der Waals surface area contributed by atoms with Crippen LogP contribution in [0.15, 0.2) is 36.9 Å². The summed E-state index contributed by atoms with van der Waals surface area (Å²) in [5.41, 5.74) is -1.41. The zero-order valence-corrected chi connectivity index (χ0v) is 18.4. The number of hydrogen-bond donors (Lipinski definition) is 5. The van der Waals surface area contributed by atoms with Gasteiger partial charge < -0.3 is 35.0 Å². The molecule has 1 aliphatic carbocycles. The second kappa shape index (κ2) is 9.13. The Bertz CT molecular complexity index is 914. The summed E-state index contributed by atoms with van der Waals surface area (Å²) in [6, 6.07) is 6.67. The molecule has 2 heterocycles. The minimum Gasteiger partial charge on any atom is -0.394 e.